The molecular formula is C13H15F3O5S. The molecule has 0 fully saturated rings. The van der Waals surface area contributed by atoms with Gasteiger partial charge in [0.15, 0.2) is 23.5 Å². The monoisotopic (exact) mass is 340 g/mol. The largest absolute Gasteiger partial charge is 0.493 e. The van der Waals surface area contributed by atoms with Gasteiger partial charge >= 0.3 is 11.5 Å². The average molecular weight is 340 g/mol. The molecule has 1 aromatic carbocycles. The number of methoxy groups -OCH3 is 3. The first kappa shape index (κ1) is 18.3. The predicted molar refractivity (Wildman–Crippen MR) is 74.2 cm³/mol. The zero-order chi connectivity index (χ0) is 16.8. The van der Waals surface area contributed by atoms with Gasteiger partial charge in [-0.2, -0.15) is 13.2 Å². The van der Waals surface area contributed by atoms with E-state index in [2.05, 4.69) is 4.18 Å². The van der Waals surface area contributed by atoms with Crippen LogP contribution in [0.15, 0.2) is 12.1 Å². The Morgan fingerprint density at radius 1 is 1.09 bits per heavy atom. The molecule has 0 N–H and O–H groups in total. The van der Waals surface area contributed by atoms with Gasteiger partial charge < -0.3 is 18.4 Å². The minimum absolute atomic E-state index is 0.175. The lowest BCUT2D eigenvalue weighted by Gasteiger charge is -2.14. The Morgan fingerprint density at radius 3 is 2.05 bits per heavy atom. The second kappa shape index (κ2) is 8.02. The molecule has 5 nitrogen and oxygen atoms in total. The molecule has 124 valence electrons. The average Bonchev–Trinajstić information content (AvgIpc) is 2.48. The molecule has 0 radical (unpaired) electrons. The molecule has 0 heterocycles. The quantitative estimate of drug-likeness (QED) is 0.710. The van der Waals surface area contributed by atoms with Crippen molar-refractivity contribution in [2.24, 2.45) is 0 Å². The third-order valence-electron chi connectivity index (χ3n) is 2.57. The molecule has 0 aliphatic heterocycles. The third kappa shape index (κ3) is 5.55. The second-order valence-corrected chi connectivity index (χ2v) is 4.81. The number of carbonyl (C=O) groups excluding carboxylic acids is 1. The lowest BCUT2D eigenvalue weighted by molar-refractivity contribution is -0.134. The van der Waals surface area contributed by atoms with Crippen LogP contribution in [-0.4, -0.2) is 32.8 Å². The molecule has 0 unspecified atom stereocenters. The number of halogens is 3. The first-order chi connectivity index (χ1) is 10.3. The summed E-state index contributed by atoms with van der Waals surface area (Å²) < 4.78 is 55.2. The number of aryl methyl sites for hydroxylation is 1. The first-order valence-electron chi connectivity index (χ1n) is 6.04. The third-order valence-corrected chi connectivity index (χ3v) is 3.03. The summed E-state index contributed by atoms with van der Waals surface area (Å²) in [7, 11) is 4.33. The van der Waals surface area contributed by atoms with Gasteiger partial charge in [0.05, 0.1) is 27.8 Å². The van der Waals surface area contributed by atoms with E-state index in [0.717, 1.165) is 0 Å². The van der Waals surface area contributed by atoms with Crippen molar-refractivity contribution in [3.05, 3.63) is 17.7 Å². The van der Waals surface area contributed by atoms with Gasteiger partial charge in [-0.25, -0.2) is 0 Å². The van der Waals surface area contributed by atoms with Crippen molar-refractivity contribution in [1.82, 2.24) is 0 Å². The highest BCUT2D eigenvalue weighted by molar-refractivity contribution is 7.95. The Hall–Kier alpha value is -1.77. The zero-order valence-electron chi connectivity index (χ0n) is 12.2. The predicted octanol–water partition coefficient (Wildman–Crippen LogP) is 3.36. The maximum absolute atomic E-state index is 11.9. The number of alkyl halides is 3. The molecule has 22 heavy (non-hydrogen) atoms. The molecule has 0 aliphatic carbocycles. The summed E-state index contributed by atoms with van der Waals surface area (Å²) in [6, 6.07) is 3.23. The highest BCUT2D eigenvalue weighted by Gasteiger charge is 2.32. The van der Waals surface area contributed by atoms with Gasteiger partial charge in [-0.3, -0.25) is 4.79 Å². The van der Waals surface area contributed by atoms with Crippen LogP contribution in [0, 0.1) is 0 Å². The van der Waals surface area contributed by atoms with E-state index in [0.29, 0.717) is 22.8 Å². The van der Waals surface area contributed by atoms with Crippen LogP contribution < -0.4 is 14.2 Å². The molecule has 0 atom stereocenters. The molecule has 0 bridgehead atoms. The van der Waals surface area contributed by atoms with Crippen LogP contribution in [0.1, 0.15) is 12.0 Å². The van der Waals surface area contributed by atoms with Crippen molar-refractivity contribution in [2.45, 2.75) is 18.3 Å². The van der Waals surface area contributed by atoms with E-state index in [4.69, 9.17) is 14.2 Å². The second-order valence-electron chi connectivity index (χ2n) is 4.02. The van der Waals surface area contributed by atoms with Gasteiger partial charge in [0.1, 0.15) is 0 Å². The van der Waals surface area contributed by atoms with Gasteiger partial charge in [0, 0.05) is 0 Å². The molecule has 0 spiro atoms. The zero-order valence-corrected chi connectivity index (χ0v) is 13.0. The van der Waals surface area contributed by atoms with Crippen LogP contribution in [0.3, 0.4) is 0 Å². The summed E-state index contributed by atoms with van der Waals surface area (Å²) >= 11 is -0.821. The van der Waals surface area contributed by atoms with E-state index in [1.807, 2.05) is 0 Å². The topological polar surface area (TPSA) is 54.0 Å². The Balaban J connectivity index is 2.72. The molecule has 1 rings (SSSR count). The number of hydrogen-bond acceptors (Lipinski definition) is 6. The standard InChI is InChI=1S/C13H15F3O5S/c1-18-9-6-8(7-10(19-2)12(9)20-3)4-5-11(17)21-22-13(14,15)16/h6-7H,4-5H2,1-3H3. The smallest absolute Gasteiger partial charge is 0.479 e. The van der Waals surface area contributed by atoms with Crippen LogP contribution in [0.5, 0.6) is 17.2 Å². The van der Waals surface area contributed by atoms with E-state index in [-0.39, 0.29) is 12.8 Å². The fraction of sp³-hybridized carbons (Fsp3) is 0.462. The van der Waals surface area contributed by atoms with Crippen LogP contribution in [0.25, 0.3) is 0 Å². The normalized spacial score (nSPS) is 11.0. The summed E-state index contributed by atoms with van der Waals surface area (Å²) in [5.41, 5.74) is -3.97. The number of benzene rings is 1. The van der Waals surface area contributed by atoms with Crippen molar-refractivity contribution in [3.8, 4) is 17.2 Å². The highest BCUT2D eigenvalue weighted by atomic mass is 32.2. The molecular weight excluding hydrogens is 325 g/mol. The Bertz CT molecular complexity index is 494. The Labute approximate surface area is 129 Å². The summed E-state index contributed by atoms with van der Waals surface area (Å²) in [5, 5.41) is 0. The molecule has 0 aliphatic rings. The fourth-order valence-corrected chi connectivity index (χ4v) is 1.93. The molecule has 0 amide bonds. The van der Waals surface area contributed by atoms with Crippen molar-refractivity contribution in [3.63, 3.8) is 0 Å². The molecule has 0 saturated carbocycles. The number of carbonyl (C=O) groups is 1. The van der Waals surface area contributed by atoms with Gasteiger partial charge in [-0.05, 0) is 24.1 Å². The number of hydrogen-bond donors (Lipinski definition) is 0. The Morgan fingerprint density at radius 2 is 1.64 bits per heavy atom. The molecule has 0 saturated heterocycles. The van der Waals surface area contributed by atoms with E-state index in [1.54, 1.807) is 12.1 Å². The van der Waals surface area contributed by atoms with Crippen LogP contribution in [-0.2, 0) is 15.4 Å². The van der Waals surface area contributed by atoms with E-state index in [1.165, 1.54) is 21.3 Å². The van der Waals surface area contributed by atoms with Crippen molar-refractivity contribution in [1.29, 1.82) is 0 Å². The van der Waals surface area contributed by atoms with Gasteiger partial charge in [0.2, 0.25) is 5.75 Å². The molecule has 0 aromatic heterocycles. The van der Waals surface area contributed by atoms with Crippen LogP contribution in [0.2, 0.25) is 0 Å². The fourth-order valence-electron chi connectivity index (χ4n) is 1.66. The van der Waals surface area contributed by atoms with Gasteiger partial charge in [-0.15, -0.1) is 0 Å². The maximum atomic E-state index is 11.9. The van der Waals surface area contributed by atoms with E-state index in [9.17, 15) is 18.0 Å². The summed E-state index contributed by atoms with van der Waals surface area (Å²) in [4.78, 5) is 11.3. The van der Waals surface area contributed by atoms with Crippen molar-refractivity contribution in [2.75, 3.05) is 21.3 Å². The van der Waals surface area contributed by atoms with Crippen LogP contribution in [0.4, 0.5) is 13.2 Å². The molecule has 9 heteroatoms. The van der Waals surface area contributed by atoms with E-state index >= 15 is 0 Å². The van der Waals surface area contributed by atoms with Gasteiger partial charge in [-0.1, -0.05) is 0 Å². The minimum Gasteiger partial charge on any atom is -0.493 e. The lowest BCUT2D eigenvalue weighted by atomic mass is 10.1. The number of ether oxygens (including phenoxy) is 3. The lowest BCUT2D eigenvalue weighted by Crippen LogP contribution is -2.07. The summed E-state index contributed by atoms with van der Waals surface area (Å²) in [6.07, 6.45) is -0.0321. The minimum atomic E-state index is -4.61. The highest BCUT2D eigenvalue weighted by Crippen LogP contribution is 2.38. The van der Waals surface area contributed by atoms with E-state index < -0.39 is 23.5 Å². The SMILES string of the molecule is COc1cc(CCC(=O)OSC(F)(F)F)cc(OC)c1OC. The molecule has 1 aromatic rings. The summed E-state index contributed by atoms with van der Waals surface area (Å²) in [6.45, 7) is 0. The number of rotatable bonds is 7. The summed E-state index contributed by atoms with van der Waals surface area (Å²) in [5.74, 6) is 0.227. The van der Waals surface area contributed by atoms with Crippen molar-refractivity contribution >= 4 is 18.0 Å². The van der Waals surface area contributed by atoms with Crippen LogP contribution >= 0.6 is 12.0 Å². The van der Waals surface area contributed by atoms with Crippen molar-refractivity contribution < 1.29 is 36.4 Å². The Kier molecular flexibility index (Phi) is 6.66. The van der Waals surface area contributed by atoms with Gasteiger partial charge in [0.25, 0.3) is 0 Å². The first-order valence-corrected chi connectivity index (χ1v) is 6.79. The maximum Gasteiger partial charge on any atom is 0.479 e.